The highest BCUT2D eigenvalue weighted by Crippen LogP contribution is 2.22. The topological polar surface area (TPSA) is 21.5 Å². The molecule has 1 atom stereocenters. The highest BCUT2D eigenvalue weighted by Gasteiger charge is 2.26. The Morgan fingerprint density at radius 1 is 1.19 bits per heavy atom. The predicted octanol–water partition coefficient (Wildman–Crippen LogP) is 1.29. The van der Waals surface area contributed by atoms with E-state index in [9.17, 15) is 4.39 Å². The van der Waals surface area contributed by atoms with Crippen molar-refractivity contribution in [1.82, 2.24) is 4.57 Å². The number of nitrogens with zero attached hydrogens (tertiary/aromatic N) is 1. The molecule has 2 aromatic rings. The second kappa shape index (κ2) is 3.76. The second-order valence-electron chi connectivity index (χ2n) is 4.15. The zero-order valence-corrected chi connectivity index (χ0v) is 8.94. The lowest BCUT2D eigenvalue weighted by molar-refractivity contribution is -0.694. The number of hydrogen-bond donors (Lipinski definition) is 1. The highest BCUT2D eigenvalue weighted by atomic mass is 19.1. The van der Waals surface area contributed by atoms with Gasteiger partial charge in [0.25, 0.3) is 0 Å². The van der Waals surface area contributed by atoms with Crippen molar-refractivity contribution in [1.29, 1.82) is 0 Å². The monoisotopic (exact) mass is 217 g/mol. The van der Waals surface area contributed by atoms with Gasteiger partial charge in [-0.2, -0.15) is 0 Å². The Morgan fingerprint density at radius 3 is 2.94 bits per heavy atom. The first-order valence-corrected chi connectivity index (χ1v) is 5.59. The summed E-state index contributed by atoms with van der Waals surface area (Å²) in [5.74, 6) is -0.113. The van der Waals surface area contributed by atoms with Crippen molar-refractivity contribution in [2.75, 3.05) is 6.54 Å². The summed E-state index contributed by atoms with van der Waals surface area (Å²) in [6.07, 6.45) is 2.07. The van der Waals surface area contributed by atoms with Crippen LogP contribution in [0.4, 0.5) is 4.39 Å². The van der Waals surface area contributed by atoms with E-state index in [0.717, 1.165) is 18.7 Å². The number of rotatable bonds is 1. The van der Waals surface area contributed by atoms with E-state index in [4.69, 9.17) is 0 Å². The maximum Gasteiger partial charge on any atom is 0.155 e. The fourth-order valence-corrected chi connectivity index (χ4v) is 2.43. The number of nitrogens with two attached hydrogens (primary N) is 1. The van der Waals surface area contributed by atoms with E-state index in [1.165, 1.54) is 11.8 Å². The molecule has 0 aliphatic carbocycles. The van der Waals surface area contributed by atoms with Crippen molar-refractivity contribution in [3.05, 3.63) is 59.7 Å². The molecule has 0 saturated heterocycles. The Labute approximate surface area is 93.7 Å². The van der Waals surface area contributed by atoms with E-state index in [0.29, 0.717) is 0 Å². The van der Waals surface area contributed by atoms with E-state index in [1.54, 1.807) is 6.07 Å². The Bertz CT molecular complexity index is 504. The Balaban J connectivity index is 2.08. The van der Waals surface area contributed by atoms with E-state index < -0.39 is 0 Å². The molecule has 82 valence electrons. The van der Waals surface area contributed by atoms with Crippen LogP contribution in [-0.4, -0.2) is 11.1 Å². The first kappa shape index (κ1) is 9.60. The van der Waals surface area contributed by atoms with Crippen molar-refractivity contribution in [2.24, 2.45) is 0 Å². The molecule has 2 heterocycles. The van der Waals surface area contributed by atoms with Gasteiger partial charge >= 0.3 is 0 Å². The lowest BCUT2D eigenvalue weighted by Gasteiger charge is -2.23. The Kier molecular flexibility index (Phi) is 2.26. The molecule has 1 aliphatic heterocycles. The number of fused-ring (bicyclic) bond motifs is 1. The van der Waals surface area contributed by atoms with Gasteiger partial charge in [-0.1, -0.05) is 12.1 Å². The summed E-state index contributed by atoms with van der Waals surface area (Å²) in [6, 6.07) is 11.2. The highest BCUT2D eigenvalue weighted by molar-refractivity contribution is 5.28. The molecule has 0 saturated carbocycles. The smallest absolute Gasteiger partial charge is 0.155 e. The molecule has 0 radical (unpaired) electrons. The number of aromatic nitrogens is 1. The van der Waals surface area contributed by atoms with Gasteiger partial charge < -0.3 is 9.88 Å². The number of benzene rings is 1. The Morgan fingerprint density at radius 2 is 2.06 bits per heavy atom. The molecular formula is C13H14FN2+. The summed E-state index contributed by atoms with van der Waals surface area (Å²) in [5.41, 5.74) is 1.97. The molecule has 0 unspecified atom stereocenters. The Hall–Kier alpha value is -1.61. The first-order valence-electron chi connectivity index (χ1n) is 5.59. The second-order valence-corrected chi connectivity index (χ2v) is 4.15. The molecule has 2 N–H and O–H groups in total. The normalized spacial score (nSPS) is 19.4. The van der Waals surface area contributed by atoms with Gasteiger partial charge in [0.1, 0.15) is 5.82 Å². The molecular weight excluding hydrogens is 203 g/mol. The zero-order chi connectivity index (χ0) is 11.0. The summed E-state index contributed by atoms with van der Waals surface area (Å²) in [4.78, 5) is 0. The molecule has 0 amide bonds. The van der Waals surface area contributed by atoms with Crippen LogP contribution in [-0.2, 0) is 6.54 Å². The molecule has 1 aromatic carbocycles. The molecule has 0 fully saturated rings. The van der Waals surface area contributed by atoms with Gasteiger partial charge in [0, 0.05) is 6.20 Å². The third-order valence-electron chi connectivity index (χ3n) is 3.20. The number of halogens is 1. The molecule has 16 heavy (non-hydrogen) atoms. The fourth-order valence-electron chi connectivity index (χ4n) is 2.43. The van der Waals surface area contributed by atoms with E-state index in [1.807, 2.05) is 18.2 Å². The van der Waals surface area contributed by atoms with E-state index in [2.05, 4.69) is 22.1 Å². The zero-order valence-electron chi connectivity index (χ0n) is 8.94. The van der Waals surface area contributed by atoms with Crippen LogP contribution >= 0.6 is 0 Å². The maximum absolute atomic E-state index is 13.7. The SMILES string of the molecule is Fc1ccccc1[C@@H]1[NH2+]CCn2cccc21. The first-order chi connectivity index (χ1) is 7.86. The fraction of sp³-hybridized carbons (Fsp3) is 0.231. The largest absolute Gasteiger partial charge is 0.340 e. The van der Waals surface area contributed by atoms with Crippen LogP contribution in [0.5, 0.6) is 0 Å². The predicted molar refractivity (Wildman–Crippen MR) is 59.5 cm³/mol. The van der Waals surface area contributed by atoms with Crippen LogP contribution in [0.25, 0.3) is 0 Å². The van der Waals surface area contributed by atoms with Crippen molar-refractivity contribution in [3.8, 4) is 0 Å². The summed E-state index contributed by atoms with van der Waals surface area (Å²) < 4.78 is 16.0. The molecule has 0 bridgehead atoms. The van der Waals surface area contributed by atoms with Gasteiger partial charge in [0.2, 0.25) is 0 Å². The number of quaternary nitrogens is 1. The van der Waals surface area contributed by atoms with Gasteiger partial charge in [-0.25, -0.2) is 4.39 Å². The van der Waals surface area contributed by atoms with Gasteiger partial charge in [-0.3, -0.25) is 0 Å². The summed E-state index contributed by atoms with van der Waals surface area (Å²) in [5, 5.41) is 2.20. The maximum atomic E-state index is 13.7. The molecule has 3 rings (SSSR count). The van der Waals surface area contributed by atoms with Crippen molar-refractivity contribution in [3.63, 3.8) is 0 Å². The third-order valence-corrected chi connectivity index (χ3v) is 3.20. The molecule has 1 aliphatic rings. The summed E-state index contributed by atoms with van der Waals surface area (Å²) in [6.45, 7) is 2.01. The standard InChI is InChI=1S/C13H13FN2/c14-11-5-2-1-4-10(11)13-12-6-3-8-16(12)9-7-15-13/h1-6,8,13,15H,7,9H2/p+1/t13-/m0/s1. The molecule has 0 spiro atoms. The quantitative estimate of drug-likeness (QED) is 0.743. The van der Waals surface area contributed by atoms with Crippen LogP contribution in [0.3, 0.4) is 0 Å². The van der Waals surface area contributed by atoms with Crippen LogP contribution in [0.15, 0.2) is 42.6 Å². The van der Waals surface area contributed by atoms with Gasteiger partial charge in [-0.15, -0.1) is 0 Å². The van der Waals surface area contributed by atoms with E-state index >= 15 is 0 Å². The average molecular weight is 217 g/mol. The summed E-state index contributed by atoms with van der Waals surface area (Å²) >= 11 is 0. The van der Waals surface area contributed by atoms with Gasteiger partial charge in [0.05, 0.1) is 24.3 Å². The van der Waals surface area contributed by atoms with Gasteiger partial charge in [0.15, 0.2) is 6.04 Å². The molecule has 2 nitrogen and oxygen atoms in total. The van der Waals surface area contributed by atoms with Crippen LogP contribution < -0.4 is 5.32 Å². The lowest BCUT2D eigenvalue weighted by atomic mass is 10.0. The van der Waals surface area contributed by atoms with Crippen molar-refractivity contribution < 1.29 is 9.71 Å². The minimum absolute atomic E-state index is 0.102. The van der Waals surface area contributed by atoms with Gasteiger partial charge in [-0.05, 0) is 24.3 Å². The van der Waals surface area contributed by atoms with E-state index in [-0.39, 0.29) is 11.9 Å². The van der Waals surface area contributed by atoms with Crippen molar-refractivity contribution >= 4 is 0 Å². The molecule has 1 aromatic heterocycles. The van der Waals surface area contributed by atoms with Crippen LogP contribution in [0.1, 0.15) is 17.3 Å². The van der Waals surface area contributed by atoms with Crippen LogP contribution in [0.2, 0.25) is 0 Å². The minimum Gasteiger partial charge on any atom is -0.340 e. The minimum atomic E-state index is -0.113. The average Bonchev–Trinajstić information content (AvgIpc) is 2.77. The van der Waals surface area contributed by atoms with Crippen molar-refractivity contribution in [2.45, 2.75) is 12.6 Å². The lowest BCUT2D eigenvalue weighted by Crippen LogP contribution is -2.88. The summed E-state index contributed by atoms with van der Waals surface area (Å²) in [7, 11) is 0. The molecule has 3 heteroatoms. The third kappa shape index (κ3) is 1.44. The van der Waals surface area contributed by atoms with Crippen LogP contribution in [0, 0.1) is 5.82 Å². The number of hydrogen-bond acceptors (Lipinski definition) is 0.